The molecule has 0 saturated carbocycles. The first-order valence-electron chi connectivity index (χ1n) is 11.2. The van der Waals surface area contributed by atoms with Crippen LogP contribution in [0, 0.1) is 13.8 Å². The van der Waals surface area contributed by atoms with Crippen molar-refractivity contribution >= 4 is 28.8 Å². The molecule has 2 aliphatic rings. The van der Waals surface area contributed by atoms with Gasteiger partial charge < -0.3 is 15.0 Å². The van der Waals surface area contributed by atoms with Crippen molar-refractivity contribution in [3.63, 3.8) is 0 Å². The molecule has 2 aromatic carbocycles. The van der Waals surface area contributed by atoms with Crippen LogP contribution in [0.2, 0.25) is 0 Å². The first kappa shape index (κ1) is 21.7. The Morgan fingerprint density at radius 2 is 1.82 bits per heavy atom. The lowest BCUT2D eigenvalue weighted by atomic mass is 10.1. The van der Waals surface area contributed by atoms with Crippen LogP contribution in [0.15, 0.2) is 48.5 Å². The number of nitrogens with zero attached hydrogens (tertiary/aromatic N) is 2. The number of carbonyl (C=O) groups excluding carboxylic acids is 2. The van der Waals surface area contributed by atoms with Crippen molar-refractivity contribution in [2.24, 2.45) is 0 Å². The number of nitrogens with one attached hydrogen (secondary N) is 1. The molecule has 1 N–H and O–H groups in total. The van der Waals surface area contributed by atoms with Crippen LogP contribution in [0.3, 0.4) is 0 Å². The highest BCUT2D eigenvalue weighted by Crippen LogP contribution is 2.42. The summed E-state index contributed by atoms with van der Waals surface area (Å²) in [5.74, 6) is 0.915. The van der Waals surface area contributed by atoms with Crippen LogP contribution in [0.5, 0.6) is 5.75 Å². The van der Waals surface area contributed by atoms with Gasteiger partial charge in [0.15, 0.2) is 0 Å². The number of piperazine rings is 1. The molecule has 0 bridgehead atoms. The van der Waals surface area contributed by atoms with Crippen LogP contribution in [0.1, 0.15) is 26.4 Å². The van der Waals surface area contributed by atoms with Crippen molar-refractivity contribution in [1.82, 2.24) is 9.80 Å². The van der Waals surface area contributed by atoms with E-state index in [1.807, 2.05) is 67.3 Å². The summed E-state index contributed by atoms with van der Waals surface area (Å²) in [5, 5.41) is 3.02. The molecule has 3 heterocycles. The first-order chi connectivity index (χ1) is 16.0. The van der Waals surface area contributed by atoms with Gasteiger partial charge in [-0.25, -0.2) is 0 Å². The molecule has 3 aromatic rings. The Kier molecular flexibility index (Phi) is 5.91. The van der Waals surface area contributed by atoms with Crippen molar-refractivity contribution in [2.45, 2.75) is 20.5 Å². The fourth-order valence-electron chi connectivity index (χ4n) is 4.35. The van der Waals surface area contributed by atoms with E-state index in [1.54, 1.807) is 11.3 Å². The SMILES string of the molecule is Cc1cccc(NC(=O)CN2CCN(C(=O)c3cc4c(s3)-c3ccccc3OC4)CC2)c1C. The average Bonchev–Trinajstić information content (AvgIpc) is 3.27. The van der Waals surface area contributed by atoms with Gasteiger partial charge in [0.2, 0.25) is 5.91 Å². The molecule has 0 radical (unpaired) electrons. The molecule has 0 atom stereocenters. The van der Waals surface area contributed by atoms with Gasteiger partial charge in [0.1, 0.15) is 12.4 Å². The lowest BCUT2D eigenvalue weighted by Crippen LogP contribution is -2.50. The summed E-state index contributed by atoms with van der Waals surface area (Å²) < 4.78 is 5.83. The number of hydrogen-bond donors (Lipinski definition) is 1. The smallest absolute Gasteiger partial charge is 0.264 e. The summed E-state index contributed by atoms with van der Waals surface area (Å²) in [6.07, 6.45) is 0. The highest BCUT2D eigenvalue weighted by atomic mass is 32.1. The molecular weight excluding hydrogens is 434 g/mol. The van der Waals surface area contributed by atoms with Crippen molar-refractivity contribution in [1.29, 1.82) is 0 Å². The maximum atomic E-state index is 13.2. The number of rotatable bonds is 4. The number of ether oxygens (including phenoxy) is 1. The van der Waals surface area contributed by atoms with Crippen molar-refractivity contribution in [3.8, 4) is 16.2 Å². The molecule has 5 rings (SSSR count). The minimum atomic E-state index is -0.0203. The van der Waals surface area contributed by atoms with Gasteiger partial charge in [0.25, 0.3) is 5.91 Å². The number of amides is 2. The Bertz CT molecular complexity index is 1210. The number of para-hydroxylation sites is 1. The van der Waals surface area contributed by atoms with Gasteiger partial charge in [0.05, 0.1) is 11.4 Å². The van der Waals surface area contributed by atoms with E-state index >= 15 is 0 Å². The largest absolute Gasteiger partial charge is 0.488 e. The number of anilines is 1. The summed E-state index contributed by atoms with van der Waals surface area (Å²) in [5.41, 5.74) is 5.24. The van der Waals surface area contributed by atoms with E-state index in [1.165, 1.54) is 0 Å². The van der Waals surface area contributed by atoms with E-state index in [0.29, 0.717) is 39.3 Å². The lowest BCUT2D eigenvalue weighted by molar-refractivity contribution is -0.117. The molecule has 170 valence electrons. The summed E-state index contributed by atoms with van der Waals surface area (Å²) >= 11 is 1.55. The summed E-state index contributed by atoms with van der Waals surface area (Å²) in [6.45, 7) is 7.48. The van der Waals surface area contributed by atoms with Gasteiger partial charge >= 0.3 is 0 Å². The fraction of sp³-hybridized carbons (Fsp3) is 0.308. The second-order valence-corrected chi connectivity index (χ2v) is 9.67. The van der Waals surface area contributed by atoms with Crippen LogP contribution >= 0.6 is 11.3 Å². The molecule has 0 unspecified atom stereocenters. The first-order valence-corrected chi connectivity index (χ1v) is 12.0. The zero-order valence-corrected chi connectivity index (χ0v) is 19.7. The molecule has 2 aliphatic heterocycles. The van der Waals surface area contributed by atoms with E-state index < -0.39 is 0 Å². The highest BCUT2D eigenvalue weighted by molar-refractivity contribution is 7.17. The molecule has 0 spiro atoms. The second kappa shape index (κ2) is 9.00. The molecule has 33 heavy (non-hydrogen) atoms. The van der Waals surface area contributed by atoms with Gasteiger partial charge in [-0.2, -0.15) is 0 Å². The molecule has 0 aliphatic carbocycles. The van der Waals surface area contributed by atoms with Crippen LogP contribution in [0.25, 0.3) is 10.4 Å². The number of benzene rings is 2. The van der Waals surface area contributed by atoms with E-state index in [4.69, 9.17) is 4.74 Å². The van der Waals surface area contributed by atoms with Crippen molar-refractivity contribution in [3.05, 3.63) is 70.1 Å². The third kappa shape index (κ3) is 4.38. The maximum absolute atomic E-state index is 13.2. The molecule has 6 nitrogen and oxygen atoms in total. The fourth-order valence-corrected chi connectivity index (χ4v) is 5.51. The van der Waals surface area contributed by atoms with Crippen molar-refractivity contribution in [2.75, 3.05) is 38.0 Å². The molecule has 1 saturated heterocycles. The van der Waals surface area contributed by atoms with Crippen LogP contribution in [0.4, 0.5) is 5.69 Å². The van der Waals surface area contributed by atoms with Crippen LogP contribution < -0.4 is 10.1 Å². The molecule has 7 heteroatoms. The normalized spacial score (nSPS) is 15.4. The van der Waals surface area contributed by atoms with Gasteiger partial charge in [-0.3, -0.25) is 14.5 Å². The minimum absolute atomic E-state index is 0.0203. The number of fused-ring (bicyclic) bond motifs is 3. The van der Waals surface area contributed by atoms with E-state index in [-0.39, 0.29) is 11.8 Å². The number of aryl methyl sites for hydroxylation is 1. The average molecular weight is 462 g/mol. The maximum Gasteiger partial charge on any atom is 0.264 e. The van der Waals surface area contributed by atoms with Gasteiger partial charge in [-0.15, -0.1) is 11.3 Å². The topological polar surface area (TPSA) is 61.9 Å². The number of carbonyl (C=O) groups is 2. The highest BCUT2D eigenvalue weighted by Gasteiger charge is 2.27. The number of thiophene rings is 1. The van der Waals surface area contributed by atoms with E-state index in [9.17, 15) is 9.59 Å². The zero-order chi connectivity index (χ0) is 22.9. The minimum Gasteiger partial charge on any atom is -0.488 e. The zero-order valence-electron chi connectivity index (χ0n) is 18.9. The quantitative estimate of drug-likeness (QED) is 0.629. The van der Waals surface area contributed by atoms with Gasteiger partial charge in [-0.05, 0) is 49.2 Å². The molecule has 1 fully saturated rings. The third-order valence-electron chi connectivity index (χ3n) is 6.44. The molecule has 1 aromatic heterocycles. The van der Waals surface area contributed by atoms with Crippen LogP contribution in [-0.4, -0.2) is 54.3 Å². The number of hydrogen-bond acceptors (Lipinski definition) is 5. The summed E-state index contributed by atoms with van der Waals surface area (Å²) in [7, 11) is 0. The monoisotopic (exact) mass is 461 g/mol. The molecule has 2 amide bonds. The second-order valence-electron chi connectivity index (χ2n) is 8.61. The van der Waals surface area contributed by atoms with Gasteiger partial charge in [0, 0.05) is 47.9 Å². The predicted molar refractivity (Wildman–Crippen MR) is 131 cm³/mol. The van der Waals surface area contributed by atoms with Gasteiger partial charge in [-0.1, -0.05) is 24.3 Å². The predicted octanol–water partition coefficient (Wildman–Crippen LogP) is 4.32. The third-order valence-corrected chi connectivity index (χ3v) is 7.64. The standard InChI is InChI=1S/C26H27N3O3S/c1-17-6-5-8-21(18(17)2)27-24(30)15-28-10-12-29(13-11-28)26(31)23-14-19-16-32-22-9-4-3-7-20(22)25(19)33-23/h3-9,14H,10-13,15-16H2,1-2H3,(H,27,30). The summed E-state index contributed by atoms with van der Waals surface area (Å²) in [6, 6.07) is 15.9. The van der Waals surface area contributed by atoms with E-state index in [2.05, 4.69) is 10.2 Å². The summed E-state index contributed by atoms with van der Waals surface area (Å²) in [4.78, 5) is 31.6. The Hall–Kier alpha value is -3.16. The van der Waals surface area contributed by atoms with E-state index in [0.717, 1.165) is 43.4 Å². The van der Waals surface area contributed by atoms with Crippen LogP contribution in [-0.2, 0) is 11.4 Å². The Morgan fingerprint density at radius 3 is 2.64 bits per heavy atom. The molecular formula is C26H27N3O3S. The lowest BCUT2D eigenvalue weighted by Gasteiger charge is -2.34. The Labute approximate surface area is 197 Å². The Balaban J connectivity index is 1.18. The Morgan fingerprint density at radius 1 is 1.03 bits per heavy atom. The van der Waals surface area contributed by atoms with Crippen molar-refractivity contribution < 1.29 is 14.3 Å².